The van der Waals surface area contributed by atoms with Crippen molar-refractivity contribution < 1.29 is 4.79 Å². The molecule has 1 N–H and O–H groups in total. The predicted octanol–water partition coefficient (Wildman–Crippen LogP) is 5.28. The van der Waals surface area contributed by atoms with E-state index in [-0.39, 0.29) is 5.91 Å². The number of amides is 1. The number of benzene rings is 2. The van der Waals surface area contributed by atoms with E-state index < -0.39 is 0 Å². The first-order valence-corrected chi connectivity index (χ1v) is 9.80. The fraction of sp³-hybridized carbons (Fsp3) is 0.316. The maximum Gasteiger partial charge on any atom is 0.220 e. The first kappa shape index (κ1) is 19.2. The van der Waals surface area contributed by atoms with Crippen LogP contribution in [0.15, 0.2) is 42.5 Å². The largest absolute Gasteiger partial charge is 0.355 e. The fourth-order valence-corrected chi connectivity index (χ4v) is 3.51. The number of thioether (sulfide) groups is 1. The van der Waals surface area contributed by atoms with Gasteiger partial charge < -0.3 is 5.32 Å². The molecule has 2 aromatic rings. The third-order valence-corrected chi connectivity index (χ3v) is 5.46. The van der Waals surface area contributed by atoms with Gasteiger partial charge in [-0.05, 0) is 42.2 Å². The minimum atomic E-state index is 0.0672. The summed E-state index contributed by atoms with van der Waals surface area (Å²) >= 11 is 13.7. The predicted molar refractivity (Wildman–Crippen MR) is 105 cm³/mol. The van der Waals surface area contributed by atoms with E-state index in [9.17, 15) is 4.79 Å². The van der Waals surface area contributed by atoms with Gasteiger partial charge in [-0.15, -0.1) is 0 Å². The summed E-state index contributed by atoms with van der Waals surface area (Å²) in [6.45, 7) is 2.82. The van der Waals surface area contributed by atoms with Gasteiger partial charge >= 0.3 is 0 Å². The lowest BCUT2D eigenvalue weighted by molar-refractivity contribution is -0.120. The molecule has 0 radical (unpaired) electrons. The fourth-order valence-electron chi connectivity index (χ4n) is 2.26. The number of hydrogen-bond acceptors (Lipinski definition) is 2. The molecule has 1 amide bonds. The number of halogens is 2. The molecule has 0 aliphatic rings. The molecule has 128 valence electrons. The summed E-state index contributed by atoms with van der Waals surface area (Å²) in [6.07, 6.45) is 1.12. The van der Waals surface area contributed by atoms with Gasteiger partial charge in [0, 0.05) is 24.5 Å². The van der Waals surface area contributed by atoms with Gasteiger partial charge in [-0.2, -0.15) is 11.8 Å². The van der Waals surface area contributed by atoms with E-state index in [4.69, 9.17) is 23.2 Å². The zero-order valence-electron chi connectivity index (χ0n) is 13.6. The summed E-state index contributed by atoms with van der Waals surface area (Å²) in [4.78, 5) is 11.9. The van der Waals surface area contributed by atoms with Gasteiger partial charge in [0.15, 0.2) is 0 Å². The second-order valence-electron chi connectivity index (χ2n) is 5.58. The number of hydrogen-bond donors (Lipinski definition) is 1. The van der Waals surface area contributed by atoms with Crippen molar-refractivity contribution in [1.82, 2.24) is 5.32 Å². The summed E-state index contributed by atoms with van der Waals surface area (Å²) in [5.41, 5.74) is 3.69. The molecule has 2 nitrogen and oxygen atoms in total. The van der Waals surface area contributed by atoms with Gasteiger partial charge in [0.1, 0.15) is 0 Å². The molecule has 0 aliphatic heterocycles. The Morgan fingerprint density at radius 3 is 2.67 bits per heavy atom. The Labute approximate surface area is 157 Å². The quantitative estimate of drug-likeness (QED) is 0.629. The van der Waals surface area contributed by atoms with Crippen LogP contribution in [0.1, 0.15) is 23.1 Å². The normalized spacial score (nSPS) is 10.6. The van der Waals surface area contributed by atoms with Crippen LogP contribution in [0.3, 0.4) is 0 Å². The minimum Gasteiger partial charge on any atom is -0.355 e. The Balaban J connectivity index is 1.61. The molecule has 0 fully saturated rings. The maximum absolute atomic E-state index is 11.9. The van der Waals surface area contributed by atoms with Crippen LogP contribution >= 0.6 is 35.0 Å². The van der Waals surface area contributed by atoms with Crippen molar-refractivity contribution in [2.24, 2.45) is 0 Å². The molecular weight excluding hydrogens is 361 g/mol. The van der Waals surface area contributed by atoms with Crippen LogP contribution in [-0.2, 0) is 17.0 Å². The molecule has 0 spiro atoms. The lowest BCUT2D eigenvalue weighted by atomic mass is 10.1. The number of rotatable bonds is 8. The highest BCUT2D eigenvalue weighted by atomic mass is 35.5. The van der Waals surface area contributed by atoms with Crippen LogP contribution < -0.4 is 5.32 Å². The molecule has 5 heteroatoms. The average molecular weight is 382 g/mol. The molecule has 0 saturated carbocycles. The molecule has 2 aromatic carbocycles. The summed E-state index contributed by atoms with van der Waals surface area (Å²) in [5.74, 6) is 1.95. The van der Waals surface area contributed by atoms with Gasteiger partial charge in [-0.1, -0.05) is 53.5 Å². The summed E-state index contributed by atoms with van der Waals surface area (Å²) in [6, 6.07) is 13.9. The van der Waals surface area contributed by atoms with Crippen molar-refractivity contribution in [2.75, 3.05) is 12.3 Å². The Kier molecular flexibility index (Phi) is 7.97. The van der Waals surface area contributed by atoms with Crippen LogP contribution in [0, 0.1) is 6.92 Å². The molecule has 0 heterocycles. The standard InChI is InChI=1S/C19H21Cl2NOS/c1-14-4-2-3-5-16(14)13-24-11-10-22-19(23)9-7-15-6-8-17(20)18(21)12-15/h2-6,8,12H,7,9-11,13H2,1H3,(H,22,23). The van der Waals surface area contributed by atoms with Crippen LogP contribution in [0.5, 0.6) is 0 Å². The van der Waals surface area contributed by atoms with Gasteiger partial charge in [-0.25, -0.2) is 0 Å². The van der Waals surface area contributed by atoms with Crippen molar-refractivity contribution in [3.05, 3.63) is 69.2 Å². The minimum absolute atomic E-state index is 0.0672. The van der Waals surface area contributed by atoms with E-state index in [1.165, 1.54) is 11.1 Å². The smallest absolute Gasteiger partial charge is 0.220 e. The molecule has 0 atom stereocenters. The van der Waals surface area contributed by atoms with Crippen molar-refractivity contribution in [3.63, 3.8) is 0 Å². The second kappa shape index (κ2) is 9.97. The van der Waals surface area contributed by atoms with E-state index in [0.29, 0.717) is 29.4 Å². The van der Waals surface area contributed by atoms with Crippen LogP contribution in [-0.4, -0.2) is 18.2 Å². The number of aryl methyl sites for hydroxylation is 2. The van der Waals surface area contributed by atoms with E-state index >= 15 is 0 Å². The zero-order valence-corrected chi connectivity index (χ0v) is 16.0. The third-order valence-electron chi connectivity index (χ3n) is 3.71. The molecule has 24 heavy (non-hydrogen) atoms. The van der Waals surface area contributed by atoms with E-state index in [1.807, 2.05) is 23.9 Å². The van der Waals surface area contributed by atoms with Gasteiger partial charge in [0.25, 0.3) is 0 Å². The first-order chi connectivity index (χ1) is 11.6. The number of carbonyl (C=O) groups is 1. The van der Waals surface area contributed by atoms with Gasteiger partial charge in [-0.3, -0.25) is 4.79 Å². The van der Waals surface area contributed by atoms with Crippen LogP contribution in [0.2, 0.25) is 10.0 Å². The van der Waals surface area contributed by atoms with Crippen molar-refractivity contribution in [2.45, 2.75) is 25.5 Å². The number of nitrogens with one attached hydrogen (secondary N) is 1. The lowest BCUT2D eigenvalue weighted by Crippen LogP contribution is -2.25. The Hall–Kier alpha value is -1.16. The van der Waals surface area contributed by atoms with E-state index in [0.717, 1.165) is 17.1 Å². The molecule has 0 unspecified atom stereocenters. The topological polar surface area (TPSA) is 29.1 Å². The Bertz CT molecular complexity index is 691. The van der Waals surface area contributed by atoms with E-state index in [2.05, 4.69) is 36.5 Å². The Morgan fingerprint density at radius 1 is 1.12 bits per heavy atom. The van der Waals surface area contributed by atoms with Crippen molar-refractivity contribution in [1.29, 1.82) is 0 Å². The van der Waals surface area contributed by atoms with Crippen LogP contribution in [0.4, 0.5) is 0 Å². The monoisotopic (exact) mass is 381 g/mol. The second-order valence-corrected chi connectivity index (χ2v) is 7.50. The highest BCUT2D eigenvalue weighted by Gasteiger charge is 2.04. The highest BCUT2D eigenvalue weighted by Crippen LogP contribution is 2.23. The van der Waals surface area contributed by atoms with Crippen molar-refractivity contribution >= 4 is 40.9 Å². The lowest BCUT2D eigenvalue weighted by Gasteiger charge is -2.07. The molecule has 0 saturated heterocycles. The van der Waals surface area contributed by atoms with E-state index in [1.54, 1.807) is 6.07 Å². The molecule has 2 rings (SSSR count). The highest BCUT2D eigenvalue weighted by molar-refractivity contribution is 7.98. The van der Waals surface area contributed by atoms with Crippen LogP contribution in [0.25, 0.3) is 0 Å². The zero-order chi connectivity index (χ0) is 17.4. The molecule has 0 bridgehead atoms. The van der Waals surface area contributed by atoms with Gasteiger partial charge in [0.05, 0.1) is 10.0 Å². The maximum atomic E-state index is 11.9. The summed E-state index contributed by atoms with van der Waals surface area (Å²) in [7, 11) is 0. The third kappa shape index (κ3) is 6.39. The summed E-state index contributed by atoms with van der Waals surface area (Å²) in [5, 5.41) is 4.03. The van der Waals surface area contributed by atoms with Gasteiger partial charge in [0.2, 0.25) is 5.91 Å². The average Bonchev–Trinajstić information content (AvgIpc) is 2.57. The molecule has 0 aromatic heterocycles. The SMILES string of the molecule is Cc1ccccc1CSCCNC(=O)CCc1ccc(Cl)c(Cl)c1. The number of carbonyl (C=O) groups excluding carboxylic acids is 1. The Morgan fingerprint density at radius 2 is 1.92 bits per heavy atom. The van der Waals surface area contributed by atoms with Crippen molar-refractivity contribution in [3.8, 4) is 0 Å². The summed E-state index contributed by atoms with van der Waals surface area (Å²) < 4.78 is 0. The molecule has 0 aliphatic carbocycles. The molecular formula is C19H21Cl2NOS. The first-order valence-electron chi connectivity index (χ1n) is 7.89.